The number of nitrogens with one attached hydrogen (secondary N) is 2. The molecule has 0 aliphatic carbocycles. The summed E-state index contributed by atoms with van der Waals surface area (Å²) >= 11 is 5.75. The van der Waals surface area contributed by atoms with E-state index in [1.807, 2.05) is 0 Å². The van der Waals surface area contributed by atoms with Gasteiger partial charge in [-0.2, -0.15) is 0 Å². The molecule has 1 atom stereocenters. The maximum Gasteiger partial charge on any atom is 0.323 e. The average Bonchev–Trinajstić information content (AvgIpc) is 3.16. The zero-order chi connectivity index (χ0) is 21.5. The van der Waals surface area contributed by atoms with Crippen LogP contribution in [0.5, 0.6) is 11.6 Å². The van der Waals surface area contributed by atoms with E-state index in [2.05, 4.69) is 22.5 Å². The minimum absolute atomic E-state index is 0.0133. The molecular weight excluding hydrogens is 413 g/mol. The van der Waals surface area contributed by atoms with Gasteiger partial charge in [0.05, 0.1) is 19.2 Å². The lowest BCUT2D eigenvalue weighted by Crippen LogP contribution is -2.49. The molecule has 0 unspecified atom stereocenters. The Morgan fingerprint density at radius 2 is 2.07 bits per heavy atom. The molecule has 0 radical (unpaired) electrons. The lowest BCUT2D eigenvalue weighted by Gasteiger charge is -2.20. The van der Waals surface area contributed by atoms with Gasteiger partial charge in [0, 0.05) is 22.0 Å². The summed E-state index contributed by atoms with van der Waals surface area (Å²) in [5.41, 5.74) is -1.70. The van der Waals surface area contributed by atoms with Gasteiger partial charge in [-0.25, -0.2) is 9.18 Å². The van der Waals surface area contributed by atoms with Gasteiger partial charge in [-0.1, -0.05) is 23.4 Å². The number of halogens is 2. The van der Waals surface area contributed by atoms with E-state index in [9.17, 15) is 19.1 Å². The van der Waals surface area contributed by atoms with Crippen LogP contribution in [0, 0.1) is 17.7 Å². The van der Waals surface area contributed by atoms with Crippen LogP contribution in [-0.2, 0) is 11.3 Å². The average molecular weight is 428 g/mol. The van der Waals surface area contributed by atoms with E-state index < -0.39 is 23.3 Å². The number of hydrogen-bond acceptors (Lipinski definition) is 4. The summed E-state index contributed by atoms with van der Waals surface area (Å²) in [7, 11) is 1.51. The third-order valence-electron chi connectivity index (χ3n) is 4.76. The van der Waals surface area contributed by atoms with Crippen LogP contribution in [0.4, 0.5) is 9.18 Å². The Morgan fingerprint density at radius 1 is 1.27 bits per heavy atom. The second kappa shape index (κ2) is 7.28. The van der Waals surface area contributed by atoms with Crippen molar-refractivity contribution in [3.63, 3.8) is 0 Å². The SMILES string of the molecule is COc1ccc2cn(C[C@@]3(C#Cc4ccc(Cl)cc4F)NC(=O)NC3=O)c(O)c2c1. The molecule has 30 heavy (non-hydrogen) atoms. The topological polar surface area (TPSA) is 92.6 Å². The minimum Gasteiger partial charge on any atom is -0.497 e. The fourth-order valence-corrected chi connectivity index (χ4v) is 3.38. The number of urea groups is 1. The van der Waals surface area contributed by atoms with Crippen molar-refractivity contribution in [3.05, 3.63) is 59.0 Å². The van der Waals surface area contributed by atoms with E-state index >= 15 is 0 Å². The summed E-state index contributed by atoms with van der Waals surface area (Å²) in [5, 5.41) is 16.7. The van der Waals surface area contributed by atoms with Crippen molar-refractivity contribution in [2.24, 2.45) is 0 Å². The van der Waals surface area contributed by atoms with Gasteiger partial charge >= 0.3 is 6.03 Å². The van der Waals surface area contributed by atoms with Crippen LogP contribution in [0.1, 0.15) is 5.56 Å². The minimum atomic E-state index is -1.71. The highest BCUT2D eigenvalue weighted by Crippen LogP contribution is 2.32. The highest BCUT2D eigenvalue weighted by Gasteiger charge is 2.46. The second-order valence-corrected chi connectivity index (χ2v) is 7.16. The van der Waals surface area contributed by atoms with E-state index in [-0.39, 0.29) is 23.0 Å². The summed E-state index contributed by atoms with van der Waals surface area (Å²) in [4.78, 5) is 24.4. The van der Waals surface area contributed by atoms with Gasteiger partial charge in [0.25, 0.3) is 5.91 Å². The van der Waals surface area contributed by atoms with Crippen molar-refractivity contribution < 1.29 is 23.8 Å². The standard InChI is InChI=1S/C21H15ClFN3O4/c1-30-15-5-3-13-10-26(18(27)16(13)9-15)11-21(19(28)24-20(29)25-21)7-6-12-2-4-14(22)8-17(12)23/h2-5,8-10,27H,11H2,1H3,(H2,24,25,28,29)/t21-/m1/s1. The van der Waals surface area contributed by atoms with Crippen LogP contribution in [0.2, 0.25) is 5.02 Å². The number of hydrogen-bond donors (Lipinski definition) is 3. The van der Waals surface area contributed by atoms with Gasteiger partial charge in [0.15, 0.2) is 5.88 Å². The van der Waals surface area contributed by atoms with Crippen LogP contribution in [0.3, 0.4) is 0 Å². The Bertz CT molecular complexity index is 1260. The van der Waals surface area contributed by atoms with E-state index in [1.54, 1.807) is 24.4 Å². The number of ether oxygens (including phenoxy) is 1. The van der Waals surface area contributed by atoms with Crippen molar-refractivity contribution in [3.8, 4) is 23.5 Å². The predicted octanol–water partition coefficient (Wildman–Crippen LogP) is 2.78. The number of fused-ring (bicyclic) bond motifs is 1. The Kier molecular flexibility index (Phi) is 4.76. The Balaban J connectivity index is 1.77. The fraction of sp³-hybridized carbons (Fsp3) is 0.143. The molecule has 1 saturated heterocycles. The third-order valence-corrected chi connectivity index (χ3v) is 4.99. The van der Waals surface area contributed by atoms with Gasteiger partial charge in [-0.3, -0.25) is 10.1 Å². The molecule has 0 spiro atoms. The highest BCUT2D eigenvalue weighted by molar-refractivity contribution is 6.30. The summed E-state index contributed by atoms with van der Waals surface area (Å²) in [6.07, 6.45) is 1.62. The number of aromatic nitrogens is 1. The fourth-order valence-electron chi connectivity index (χ4n) is 3.22. The molecule has 1 aliphatic heterocycles. The summed E-state index contributed by atoms with van der Waals surface area (Å²) < 4.78 is 20.7. The number of carbonyl (C=O) groups excluding carboxylic acids is 2. The Morgan fingerprint density at radius 3 is 2.73 bits per heavy atom. The molecule has 4 rings (SSSR count). The van der Waals surface area contributed by atoms with E-state index in [0.29, 0.717) is 16.5 Å². The van der Waals surface area contributed by atoms with E-state index in [0.717, 1.165) is 6.07 Å². The molecule has 0 bridgehead atoms. The van der Waals surface area contributed by atoms with Crippen LogP contribution in [-0.4, -0.2) is 34.3 Å². The summed E-state index contributed by atoms with van der Waals surface area (Å²) in [6, 6.07) is 8.34. The number of amides is 3. The molecule has 2 aromatic carbocycles. The van der Waals surface area contributed by atoms with Crippen molar-refractivity contribution in [1.29, 1.82) is 0 Å². The summed E-state index contributed by atoms with van der Waals surface area (Å²) in [5.74, 6) is 4.31. The monoisotopic (exact) mass is 427 g/mol. The number of carbonyl (C=O) groups is 2. The van der Waals surface area contributed by atoms with Crippen LogP contribution in [0.25, 0.3) is 10.8 Å². The molecular formula is C21H15ClFN3O4. The zero-order valence-electron chi connectivity index (χ0n) is 15.6. The van der Waals surface area contributed by atoms with Crippen molar-refractivity contribution >= 4 is 34.3 Å². The number of methoxy groups -OCH3 is 1. The van der Waals surface area contributed by atoms with Crippen LogP contribution < -0.4 is 15.4 Å². The molecule has 1 aliphatic rings. The van der Waals surface area contributed by atoms with E-state index in [1.165, 1.54) is 23.8 Å². The van der Waals surface area contributed by atoms with Crippen molar-refractivity contribution in [1.82, 2.24) is 15.2 Å². The Hall–Kier alpha value is -3.70. The molecule has 9 heteroatoms. The van der Waals surface area contributed by atoms with Gasteiger partial charge in [-0.15, -0.1) is 0 Å². The molecule has 7 nitrogen and oxygen atoms in total. The van der Waals surface area contributed by atoms with Crippen molar-refractivity contribution in [2.75, 3.05) is 7.11 Å². The first kappa shape index (κ1) is 19.6. The number of nitrogens with zero attached hydrogens (tertiary/aromatic N) is 1. The second-order valence-electron chi connectivity index (χ2n) is 6.72. The zero-order valence-corrected chi connectivity index (χ0v) is 16.4. The molecule has 2 heterocycles. The molecule has 3 amide bonds. The van der Waals surface area contributed by atoms with E-state index in [4.69, 9.17) is 16.3 Å². The lowest BCUT2D eigenvalue weighted by atomic mass is 9.99. The maximum absolute atomic E-state index is 14.1. The smallest absolute Gasteiger partial charge is 0.323 e. The van der Waals surface area contributed by atoms with Crippen LogP contribution >= 0.6 is 11.6 Å². The number of imide groups is 1. The largest absolute Gasteiger partial charge is 0.497 e. The maximum atomic E-state index is 14.1. The van der Waals surface area contributed by atoms with Crippen molar-refractivity contribution in [2.45, 2.75) is 12.1 Å². The van der Waals surface area contributed by atoms with Gasteiger partial charge in [0.2, 0.25) is 5.54 Å². The third kappa shape index (κ3) is 3.40. The normalized spacial score (nSPS) is 18.0. The molecule has 152 valence electrons. The lowest BCUT2D eigenvalue weighted by molar-refractivity contribution is -0.122. The van der Waals surface area contributed by atoms with Gasteiger partial charge < -0.3 is 19.7 Å². The Labute approximate surface area is 175 Å². The predicted molar refractivity (Wildman–Crippen MR) is 108 cm³/mol. The first-order valence-electron chi connectivity index (χ1n) is 8.79. The molecule has 1 fully saturated rings. The molecule has 0 saturated carbocycles. The van der Waals surface area contributed by atoms with Gasteiger partial charge in [0.1, 0.15) is 11.6 Å². The molecule has 1 aromatic heterocycles. The number of aromatic hydroxyl groups is 1. The quantitative estimate of drug-likeness (QED) is 0.442. The first-order chi connectivity index (χ1) is 14.3. The molecule has 3 N–H and O–H groups in total. The highest BCUT2D eigenvalue weighted by atomic mass is 35.5. The number of benzene rings is 2. The van der Waals surface area contributed by atoms with Crippen LogP contribution in [0.15, 0.2) is 42.6 Å². The number of rotatable bonds is 3. The van der Waals surface area contributed by atoms with Gasteiger partial charge in [-0.05, 0) is 36.4 Å². The summed E-state index contributed by atoms with van der Waals surface area (Å²) in [6.45, 7) is -0.199. The first-order valence-corrected chi connectivity index (χ1v) is 9.17. The molecule has 3 aromatic rings.